The number of pyridine rings is 1. The number of rotatable bonds is 6. The second-order valence-electron chi connectivity index (χ2n) is 7.99. The smallest absolute Gasteiger partial charge is 0.272 e. The molecular weight excluding hydrogens is 476 g/mol. The lowest BCUT2D eigenvalue weighted by atomic mass is 10.2. The summed E-state index contributed by atoms with van der Waals surface area (Å²) in [6.07, 6.45) is 3.54. The van der Waals surface area contributed by atoms with E-state index < -0.39 is 0 Å². The molecule has 1 saturated heterocycles. The molecule has 9 nitrogen and oxygen atoms in total. The molecule has 1 atom stereocenters. The van der Waals surface area contributed by atoms with Gasteiger partial charge in [0, 0.05) is 29.9 Å². The first-order chi connectivity index (χ1) is 16.7. The maximum Gasteiger partial charge on any atom is 0.272 e. The van der Waals surface area contributed by atoms with Gasteiger partial charge in [0.25, 0.3) is 5.56 Å². The molecule has 1 N–H and O–H groups in total. The highest BCUT2D eigenvalue weighted by molar-refractivity contribution is 7.99. The number of nitrogens with zero attached hydrogens (tertiary/aromatic N) is 3. The van der Waals surface area contributed by atoms with Crippen LogP contribution in [0.1, 0.15) is 12.8 Å². The predicted molar refractivity (Wildman–Crippen MR) is 130 cm³/mol. The van der Waals surface area contributed by atoms with Crippen molar-refractivity contribution in [1.29, 1.82) is 0 Å². The second-order valence-corrected chi connectivity index (χ2v) is 9.93. The molecule has 1 fully saturated rings. The number of benzene rings is 1. The highest BCUT2D eigenvalue weighted by Crippen LogP contribution is 2.34. The van der Waals surface area contributed by atoms with Crippen LogP contribution in [-0.4, -0.2) is 45.7 Å². The van der Waals surface area contributed by atoms with Gasteiger partial charge >= 0.3 is 0 Å². The molecule has 6 rings (SSSR count). The molecule has 34 heavy (non-hydrogen) atoms. The Morgan fingerprint density at radius 2 is 2.18 bits per heavy atom. The van der Waals surface area contributed by atoms with Gasteiger partial charge < -0.3 is 19.5 Å². The lowest BCUT2D eigenvalue weighted by molar-refractivity contribution is -0.113. The number of nitrogens with one attached hydrogen (secondary N) is 1. The van der Waals surface area contributed by atoms with E-state index in [1.54, 1.807) is 29.0 Å². The number of carbonyl (C=O) groups is 1. The molecule has 1 aromatic carbocycles. The summed E-state index contributed by atoms with van der Waals surface area (Å²) in [5.74, 6) is 1.14. The van der Waals surface area contributed by atoms with E-state index in [0.29, 0.717) is 45.7 Å². The summed E-state index contributed by atoms with van der Waals surface area (Å²) < 4.78 is 18.7. The third-order valence-corrected chi connectivity index (χ3v) is 7.78. The molecule has 0 radical (unpaired) electrons. The van der Waals surface area contributed by atoms with E-state index in [2.05, 4.69) is 10.3 Å². The normalized spacial score (nSPS) is 17.0. The van der Waals surface area contributed by atoms with Gasteiger partial charge in [-0.05, 0) is 37.1 Å². The van der Waals surface area contributed by atoms with Crippen LogP contribution in [0.25, 0.3) is 20.4 Å². The van der Waals surface area contributed by atoms with E-state index in [1.165, 1.54) is 23.1 Å². The first-order valence-corrected chi connectivity index (χ1v) is 12.7. The zero-order chi connectivity index (χ0) is 23.1. The highest BCUT2D eigenvalue weighted by atomic mass is 32.2. The molecule has 0 aliphatic carbocycles. The third-order valence-electron chi connectivity index (χ3n) is 5.72. The van der Waals surface area contributed by atoms with E-state index in [0.717, 1.165) is 23.1 Å². The molecule has 1 amide bonds. The van der Waals surface area contributed by atoms with Crippen molar-refractivity contribution in [3.8, 4) is 11.5 Å². The Bertz CT molecular complexity index is 1460. The van der Waals surface area contributed by atoms with Crippen molar-refractivity contribution in [2.75, 3.05) is 24.5 Å². The molecule has 0 bridgehead atoms. The average molecular weight is 497 g/mol. The average Bonchev–Trinajstić information content (AvgIpc) is 3.59. The largest absolute Gasteiger partial charge is 0.454 e. The minimum atomic E-state index is -0.210. The number of thioether (sulfide) groups is 1. The Kier molecular flexibility index (Phi) is 5.60. The van der Waals surface area contributed by atoms with Crippen molar-refractivity contribution in [3.63, 3.8) is 0 Å². The standard InChI is InChI=1S/C23H20N4O5S2/c28-18(25-13-5-6-16-17(9-13)32-12-31-16)11-33-23-26-19-15-4-1-7-24-21(15)34-20(19)22(29)27(23)10-14-3-2-8-30-14/h1,4-7,9,14H,2-3,8,10-12H2,(H,25,28). The number of hydrogen-bond acceptors (Lipinski definition) is 9. The van der Waals surface area contributed by atoms with Gasteiger partial charge in [-0.3, -0.25) is 14.2 Å². The van der Waals surface area contributed by atoms with Gasteiger partial charge in [0.2, 0.25) is 12.7 Å². The molecule has 11 heteroatoms. The topological polar surface area (TPSA) is 105 Å². The number of ether oxygens (including phenoxy) is 3. The fourth-order valence-electron chi connectivity index (χ4n) is 4.11. The minimum absolute atomic E-state index is 0.0359. The number of thiophene rings is 1. The lowest BCUT2D eigenvalue weighted by Crippen LogP contribution is -2.28. The van der Waals surface area contributed by atoms with Crippen LogP contribution in [0.3, 0.4) is 0 Å². The van der Waals surface area contributed by atoms with E-state index >= 15 is 0 Å². The minimum Gasteiger partial charge on any atom is -0.454 e. The van der Waals surface area contributed by atoms with E-state index in [9.17, 15) is 9.59 Å². The summed E-state index contributed by atoms with van der Waals surface area (Å²) in [6, 6.07) is 9.00. The second kappa shape index (κ2) is 8.90. The third kappa shape index (κ3) is 3.99. The van der Waals surface area contributed by atoms with Crippen molar-refractivity contribution in [2.45, 2.75) is 30.6 Å². The van der Waals surface area contributed by atoms with Gasteiger partial charge in [-0.25, -0.2) is 9.97 Å². The first-order valence-electron chi connectivity index (χ1n) is 10.9. The van der Waals surface area contributed by atoms with Gasteiger partial charge in [0.05, 0.1) is 23.9 Å². The number of aromatic nitrogens is 3. The van der Waals surface area contributed by atoms with Gasteiger partial charge in [-0.15, -0.1) is 11.3 Å². The van der Waals surface area contributed by atoms with Gasteiger partial charge in [0.15, 0.2) is 16.7 Å². The Morgan fingerprint density at radius 1 is 1.26 bits per heavy atom. The van der Waals surface area contributed by atoms with Crippen molar-refractivity contribution < 1.29 is 19.0 Å². The van der Waals surface area contributed by atoms with Gasteiger partial charge in [-0.1, -0.05) is 11.8 Å². The van der Waals surface area contributed by atoms with Crippen molar-refractivity contribution >= 4 is 55.1 Å². The van der Waals surface area contributed by atoms with Crippen molar-refractivity contribution in [2.24, 2.45) is 0 Å². The summed E-state index contributed by atoms with van der Waals surface area (Å²) >= 11 is 2.58. The van der Waals surface area contributed by atoms with E-state index in [1.807, 2.05) is 12.1 Å². The fraction of sp³-hybridized carbons (Fsp3) is 0.304. The molecule has 0 spiro atoms. The zero-order valence-electron chi connectivity index (χ0n) is 18.0. The SMILES string of the molecule is O=C(CSc1nc2c(sc3ncccc32)c(=O)n1CC1CCCO1)Nc1ccc2c(c1)OCO2. The molecular formula is C23H20N4O5S2. The van der Waals surface area contributed by atoms with Crippen molar-refractivity contribution in [3.05, 3.63) is 46.9 Å². The zero-order valence-corrected chi connectivity index (χ0v) is 19.6. The molecule has 2 aliphatic rings. The quantitative estimate of drug-likeness (QED) is 0.319. The predicted octanol–water partition coefficient (Wildman–Crippen LogP) is 3.64. The van der Waals surface area contributed by atoms with Crippen LogP contribution >= 0.6 is 23.1 Å². The molecule has 2 aliphatic heterocycles. The first kappa shape index (κ1) is 21.4. The lowest BCUT2D eigenvalue weighted by Gasteiger charge is -2.15. The Morgan fingerprint density at radius 3 is 3.06 bits per heavy atom. The van der Waals surface area contributed by atoms with Crippen LogP contribution in [0.2, 0.25) is 0 Å². The number of anilines is 1. The van der Waals surface area contributed by atoms with Crippen LogP contribution < -0.4 is 20.3 Å². The van der Waals surface area contributed by atoms with E-state index in [-0.39, 0.29) is 30.1 Å². The fourth-order valence-corrected chi connectivity index (χ4v) is 5.94. The summed E-state index contributed by atoms with van der Waals surface area (Å²) in [4.78, 5) is 36.1. The van der Waals surface area contributed by atoms with Crippen molar-refractivity contribution in [1.82, 2.24) is 14.5 Å². The Labute approximate surface area is 202 Å². The van der Waals surface area contributed by atoms with Gasteiger partial charge in [-0.2, -0.15) is 0 Å². The number of amides is 1. The van der Waals surface area contributed by atoms with E-state index in [4.69, 9.17) is 19.2 Å². The molecule has 4 aromatic rings. The van der Waals surface area contributed by atoms with Crippen LogP contribution in [0.4, 0.5) is 5.69 Å². The number of carbonyl (C=O) groups excluding carboxylic acids is 1. The summed E-state index contributed by atoms with van der Waals surface area (Å²) in [7, 11) is 0. The monoisotopic (exact) mass is 496 g/mol. The van der Waals surface area contributed by atoms with Crippen LogP contribution in [0.5, 0.6) is 11.5 Å². The summed E-state index contributed by atoms with van der Waals surface area (Å²) in [5.41, 5.74) is 1.12. The van der Waals surface area contributed by atoms with Crippen LogP contribution in [0, 0.1) is 0 Å². The summed E-state index contributed by atoms with van der Waals surface area (Å²) in [6.45, 7) is 1.28. The Balaban J connectivity index is 1.29. The molecule has 3 aromatic heterocycles. The van der Waals surface area contributed by atoms with Crippen LogP contribution in [0.15, 0.2) is 46.5 Å². The molecule has 0 saturated carbocycles. The molecule has 1 unspecified atom stereocenters. The maximum absolute atomic E-state index is 13.5. The van der Waals surface area contributed by atoms with Crippen LogP contribution in [-0.2, 0) is 16.1 Å². The molecule has 174 valence electrons. The highest BCUT2D eigenvalue weighted by Gasteiger charge is 2.23. The summed E-state index contributed by atoms with van der Waals surface area (Å²) in [5, 5.41) is 4.21. The Hall–Kier alpha value is -3.15. The van der Waals surface area contributed by atoms with Gasteiger partial charge in [0.1, 0.15) is 9.53 Å². The molecule has 5 heterocycles. The number of fused-ring (bicyclic) bond motifs is 4. The number of hydrogen-bond donors (Lipinski definition) is 1. The maximum atomic E-state index is 13.5.